The van der Waals surface area contributed by atoms with Crippen molar-refractivity contribution in [1.82, 2.24) is 15.6 Å². The number of hydrogen-bond donors (Lipinski definition) is 2. The monoisotopic (exact) mass is 372 g/mol. The Labute approximate surface area is 157 Å². The Balaban J connectivity index is 1.59. The Morgan fingerprint density at radius 2 is 2.12 bits per heavy atom. The molecular weight excluding hydrogens is 348 g/mol. The summed E-state index contributed by atoms with van der Waals surface area (Å²) in [5, 5.41) is 8.57. The first-order valence-corrected chi connectivity index (χ1v) is 9.67. The molecule has 0 saturated heterocycles. The van der Waals surface area contributed by atoms with Gasteiger partial charge in [-0.15, -0.1) is 11.3 Å². The van der Waals surface area contributed by atoms with Crippen molar-refractivity contribution >= 4 is 28.8 Å². The number of carbonyl (C=O) groups is 2. The van der Waals surface area contributed by atoms with Crippen LogP contribution in [0, 0.1) is 6.92 Å². The topological polar surface area (TPSA) is 74.3 Å². The summed E-state index contributed by atoms with van der Waals surface area (Å²) in [6.07, 6.45) is 0.910. The van der Waals surface area contributed by atoms with Crippen molar-refractivity contribution in [2.75, 3.05) is 24.5 Å². The van der Waals surface area contributed by atoms with Gasteiger partial charge in [0.15, 0.2) is 0 Å². The third kappa shape index (κ3) is 4.40. The molecule has 7 heteroatoms. The van der Waals surface area contributed by atoms with Crippen LogP contribution in [0.4, 0.5) is 5.69 Å². The Hall–Kier alpha value is -2.41. The number of nitrogens with one attached hydrogen (secondary N) is 2. The first-order chi connectivity index (χ1) is 12.4. The average molecular weight is 372 g/mol. The molecule has 0 radical (unpaired) electrons. The Bertz CT molecular complexity index is 816. The van der Waals surface area contributed by atoms with Gasteiger partial charge in [0.2, 0.25) is 11.8 Å². The van der Waals surface area contributed by atoms with Gasteiger partial charge in [0.25, 0.3) is 0 Å². The van der Waals surface area contributed by atoms with Gasteiger partial charge in [-0.25, -0.2) is 4.98 Å². The molecule has 0 spiro atoms. The molecule has 138 valence electrons. The number of nitrogens with zero attached hydrogens (tertiary/aromatic N) is 2. The molecule has 2 heterocycles. The van der Waals surface area contributed by atoms with Crippen LogP contribution < -0.4 is 15.5 Å². The number of amides is 2. The summed E-state index contributed by atoms with van der Waals surface area (Å²) in [6.45, 7) is 6.87. The molecule has 0 fully saturated rings. The third-order valence-electron chi connectivity index (χ3n) is 4.22. The fourth-order valence-corrected chi connectivity index (χ4v) is 3.69. The third-order valence-corrected chi connectivity index (χ3v) is 4.99. The highest BCUT2D eigenvalue weighted by Gasteiger charge is 2.22. The van der Waals surface area contributed by atoms with Crippen LogP contribution in [0.25, 0.3) is 11.3 Å². The lowest BCUT2D eigenvalue weighted by Gasteiger charge is -2.19. The maximum absolute atomic E-state index is 12.1. The van der Waals surface area contributed by atoms with E-state index in [0.717, 1.165) is 34.9 Å². The largest absolute Gasteiger partial charge is 0.362 e. The van der Waals surface area contributed by atoms with Gasteiger partial charge >= 0.3 is 0 Å². The van der Waals surface area contributed by atoms with Gasteiger partial charge in [0.1, 0.15) is 0 Å². The summed E-state index contributed by atoms with van der Waals surface area (Å²) in [4.78, 5) is 30.4. The zero-order chi connectivity index (χ0) is 18.7. The average Bonchev–Trinajstić information content (AvgIpc) is 3.18. The molecule has 6 nitrogen and oxygen atoms in total. The predicted octanol–water partition coefficient (Wildman–Crippen LogP) is 2.12. The van der Waals surface area contributed by atoms with E-state index in [-0.39, 0.29) is 30.9 Å². The van der Waals surface area contributed by atoms with E-state index >= 15 is 0 Å². The predicted molar refractivity (Wildman–Crippen MR) is 104 cm³/mol. The first-order valence-electron chi connectivity index (χ1n) is 8.79. The molecule has 1 aliphatic heterocycles. The number of hydrogen-bond acceptors (Lipinski definition) is 5. The van der Waals surface area contributed by atoms with E-state index in [9.17, 15) is 9.59 Å². The minimum atomic E-state index is -0.168. The molecular formula is C19H24N4O2S. The Morgan fingerprint density at radius 1 is 1.31 bits per heavy atom. The highest BCUT2D eigenvalue weighted by molar-refractivity contribution is 7.09. The Kier molecular flexibility index (Phi) is 5.56. The van der Waals surface area contributed by atoms with Crippen molar-refractivity contribution in [3.05, 3.63) is 34.2 Å². The standard InChI is InChI=1S/C19H24N4O2S/c1-12(2)21-18(24)9-20-19(25)10-23-7-6-15-8-14(4-5-17(15)23)16-11-26-13(3)22-16/h4-5,8,11-12H,6-7,9-10H2,1-3H3,(H,20,25)(H,21,24). The molecule has 2 aromatic rings. The summed E-state index contributed by atoms with van der Waals surface area (Å²) in [5.41, 5.74) is 4.44. The molecule has 0 atom stereocenters. The second kappa shape index (κ2) is 7.86. The zero-order valence-electron chi connectivity index (χ0n) is 15.3. The van der Waals surface area contributed by atoms with Gasteiger partial charge in [0.05, 0.1) is 23.8 Å². The van der Waals surface area contributed by atoms with E-state index in [1.54, 1.807) is 11.3 Å². The summed E-state index contributed by atoms with van der Waals surface area (Å²) in [5.74, 6) is -0.311. The summed E-state index contributed by atoms with van der Waals surface area (Å²) in [7, 11) is 0. The lowest BCUT2D eigenvalue weighted by molar-refractivity contribution is -0.125. The van der Waals surface area contributed by atoms with Crippen molar-refractivity contribution < 1.29 is 9.59 Å². The maximum Gasteiger partial charge on any atom is 0.239 e. The van der Waals surface area contributed by atoms with Gasteiger partial charge in [-0.3, -0.25) is 9.59 Å². The quantitative estimate of drug-likeness (QED) is 0.815. The van der Waals surface area contributed by atoms with E-state index in [4.69, 9.17) is 0 Å². The van der Waals surface area contributed by atoms with Crippen LogP contribution in [0.3, 0.4) is 0 Å². The maximum atomic E-state index is 12.1. The van der Waals surface area contributed by atoms with Gasteiger partial charge in [0, 0.05) is 29.2 Å². The highest BCUT2D eigenvalue weighted by atomic mass is 32.1. The van der Waals surface area contributed by atoms with Gasteiger partial charge in [-0.1, -0.05) is 6.07 Å². The van der Waals surface area contributed by atoms with E-state index in [2.05, 4.69) is 44.1 Å². The lowest BCUT2D eigenvalue weighted by atomic mass is 10.1. The van der Waals surface area contributed by atoms with Crippen molar-refractivity contribution in [3.63, 3.8) is 0 Å². The van der Waals surface area contributed by atoms with Crippen molar-refractivity contribution in [1.29, 1.82) is 0 Å². The number of aryl methyl sites for hydroxylation is 1. The van der Waals surface area contributed by atoms with Crippen LogP contribution in [0.5, 0.6) is 0 Å². The molecule has 3 rings (SSSR count). The molecule has 26 heavy (non-hydrogen) atoms. The van der Waals surface area contributed by atoms with E-state index in [0.29, 0.717) is 0 Å². The second-order valence-electron chi connectivity index (χ2n) is 6.77. The molecule has 1 aliphatic rings. The fourth-order valence-electron chi connectivity index (χ4n) is 3.07. The molecule has 0 unspecified atom stereocenters. The summed E-state index contributed by atoms with van der Waals surface area (Å²) < 4.78 is 0. The van der Waals surface area contributed by atoms with Crippen LogP contribution in [0.1, 0.15) is 24.4 Å². The smallest absolute Gasteiger partial charge is 0.239 e. The van der Waals surface area contributed by atoms with Crippen LogP contribution in [0.15, 0.2) is 23.6 Å². The molecule has 0 aliphatic carbocycles. The molecule has 0 saturated carbocycles. The first kappa shape index (κ1) is 18.4. The van der Waals surface area contributed by atoms with Crippen molar-refractivity contribution in [2.45, 2.75) is 33.2 Å². The summed E-state index contributed by atoms with van der Waals surface area (Å²) >= 11 is 1.65. The van der Waals surface area contributed by atoms with Gasteiger partial charge in [-0.05, 0) is 44.9 Å². The number of carbonyl (C=O) groups excluding carboxylic acids is 2. The van der Waals surface area contributed by atoms with Gasteiger partial charge in [-0.2, -0.15) is 0 Å². The number of benzene rings is 1. The number of rotatable bonds is 6. The summed E-state index contributed by atoms with van der Waals surface area (Å²) in [6, 6.07) is 6.35. The van der Waals surface area contributed by atoms with E-state index in [1.165, 1.54) is 5.56 Å². The molecule has 2 N–H and O–H groups in total. The fraction of sp³-hybridized carbons (Fsp3) is 0.421. The molecule has 1 aromatic carbocycles. The number of aromatic nitrogens is 1. The molecule has 2 amide bonds. The number of anilines is 1. The molecule has 1 aromatic heterocycles. The van der Waals surface area contributed by atoms with Crippen LogP contribution in [-0.4, -0.2) is 42.5 Å². The van der Waals surface area contributed by atoms with Crippen LogP contribution in [-0.2, 0) is 16.0 Å². The van der Waals surface area contributed by atoms with Gasteiger partial charge < -0.3 is 15.5 Å². The van der Waals surface area contributed by atoms with E-state index in [1.807, 2.05) is 20.8 Å². The molecule has 0 bridgehead atoms. The zero-order valence-corrected chi connectivity index (χ0v) is 16.2. The van der Waals surface area contributed by atoms with Crippen LogP contribution >= 0.6 is 11.3 Å². The Morgan fingerprint density at radius 3 is 2.81 bits per heavy atom. The minimum Gasteiger partial charge on any atom is -0.362 e. The van der Waals surface area contributed by atoms with Crippen LogP contribution in [0.2, 0.25) is 0 Å². The lowest BCUT2D eigenvalue weighted by Crippen LogP contribution is -2.43. The second-order valence-corrected chi connectivity index (χ2v) is 7.83. The van der Waals surface area contributed by atoms with Crippen molar-refractivity contribution in [3.8, 4) is 11.3 Å². The number of fused-ring (bicyclic) bond motifs is 1. The van der Waals surface area contributed by atoms with Crippen molar-refractivity contribution in [2.24, 2.45) is 0 Å². The highest BCUT2D eigenvalue weighted by Crippen LogP contribution is 2.32. The normalized spacial score (nSPS) is 13.0. The van der Waals surface area contributed by atoms with E-state index < -0.39 is 0 Å². The minimum absolute atomic E-state index is 0.0137. The SMILES string of the molecule is Cc1nc(-c2ccc3c(c2)CCN3CC(=O)NCC(=O)NC(C)C)cs1. The number of thiazole rings is 1.